The fourth-order valence-electron chi connectivity index (χ4n) is 1.85. The zero-order chi connectivity index (χ0) is 17.0. The number of methoxy groups -OCH3 is 2. The van der Waals surface area contributed by atoms with Crippen molar-refractivity contribution in [3.8, 4) is 11.5 Å². The summed E-state index contributed by atoms with van der Waals surface area (Å²) in [6.07, 6.45) is 1.75. The molecule has 2 rings (SSSR count). The van der Waals surface area contributed by atoms with Gasteiger partial charge in [0.2, 0.25) is 0 Å². The normalized spacial score (nSPS) is 10.2. The van der Waals surface area contributed by atoms with E-state index >= 15 is 0 Å². The molecule has 0 spiro atoms. The number of nitrogen functional groups attached to an aromatic ring is 1. The second kappa shape index (κ2) is 7.05. The molecule has 0 bridgehead atoms. The number of rotatable bonds is 5. The van der Waals surface area contributed by atoms with E-state index in [9.17, 15) is 9.59 Å². The molecule has 1 heterocycles. The first-order valence-electron chi connectivity index (χ1n) is 6.47. The van der Waals surface area contributed by atoms with Gasteiger partial charge in [0, 0.05) is 5.56 Å². The van der Waals surface area contributed by atoms with Gasteiger partial charge in [0.25, 0.3) is 11.5 Å². The number of H-pyrrole nitrogens is 1. The summed E-state index contributed by atoms with van der Waals surface area (Å²) in [5.74, 6) is 0.332. The van der Waals surface area contributed by atoms with E-state index in [2.05, 4.69) is 15.3 Å². The number of nitrogens with zero attached hydrogens (tertiary/aromatic N) is 1. The molecule has 0 aliphatic carbocycles. The van der Waals surface area contributed by atoms with E-state index in [1.165, 1.54) is 32.0 Å². The maximum absolute atomic E-state index is 12.3. The smallest absolute Gasteiger partial charge is 0.277 e. The first-order chi connectivity index (χ1) is 11.0. The maximum atomic E-state index is 12.3. The Morgan fingerprint density at radius 2 is 2.00 bits per heavy atom. The molecule has 9 heteroatoms. The highest BCUT2D eigenvalue weighted by Crippen LogP contribution is 2.28. The van der Waals surface area contributed by atoms with Gasteiger partial charge in [-0.05, 0) is 24.5 Å². The van der Waals surface area contributed by atoms with Crippen molar-refractivity contribution in [2.45, 2.75) is 5.16 Å². The second-order valence-corrected chi connectivity index (χ2v) is 5.15. The number of aromatic amines is 1. The van der Waals surface area contributed by atoms with Crippen molar-refractivity contribution in [2.75, 3.05) is 31.5 Å². The molecule has 0 aliphatic heterocycles. The third-order valence-corrected chi connectivity index (χ3v) is 3.58. The predicted octanol–water partition coefficient (Wildman–Crippen LogP) is 1.34. The Hall–Kier alpha value is -2.68. The Morgan fingerprint density at radius 1 is 1.30 bits per heavy atom. The average molecular weight is 336 g/mol. The van der Waals surface area contributed by atoms with Crippen LogP contribution < -0.4 is 26.1 Å². The number of carbonyl (C=O) groups is 1. The Labute approximate surface area is 136 Å². The predicted molar refractivity (Wildman–Crippen MR) is 88.6 cm³/mol. The first-order valence-corrected chi connectivity index (χ1v) is 7.69. The standard InChI is InChI=1S/C14H16N4O4S/c1-21-8-5-4-7(6-9(8)22-2)12(19)16-10-11(15)17-14(23-3)18-13(10)20/h4-6H,1-3H3,(H,16,19)(H3,15,17,18,20). The van der Waals surface area contributed by atoms with Crippen molar-refractivity contribution >= 4 is 29.2 Å². The Morgan fingerprint density at radius 3 is 2.57 bits per heavy atom. The van der Waals surface area contributed by atoms with Crippen LogP contribution in [0.2, 0.25) is 0 Å². The van der Waals surface area contributed by atoms with Crippen molar-refractivity contribution < 1.29 is 14.3 Å². The zero-order valence-electron chi connectivity index (χ0n) is 12.8. The number of nitrogens with two attached hydrogens (primary N) is 1. The number of amides is 1. The minimum absolute atomic E-state index is 0.0491. The number of benzene rings is 1. The fourth-order valence-corrected chi connectivity index (χ4v) is 2.23. The van der Waals surface area contributed by atoms with Crippen LogP contribution in [0.4, 0.5) is 11.5 Å². The summed E-state index contributed by atoms with van der Waals surface area (Å²) in [6, 6.07) is 4.64. The van der Waals surface area contributed by atoms with Gasteiger partial charge in [-0.3, -0.25) is 14.6 Å². The number of carbonyl (C=O) groups excluding carboxylic acids is 1. The van der Waals surface area contributed by atoms with Crippen molar-refractivity contribution in [1.29, 1.82) is 0 Å². The minimum Gasteiger partial charge on any atom is -0.493 e. The quantitative estimate of drug-likeness (QED) is 0.557. The van der Waals surface area contributed by atoms with Gasteiger partial charge in [-0.2, -0.15) is 0 Å². The van der Waals surface area contributed by atoms with Crippen LogP contribution in [-0.4, -0.2) is 36.4 Å². The molecule has 0 saturated heterocycles. The van der Waals surface area contributed by atoms with Gasteiger partial charge >= 0.3 is 0 Å². The fraction of sp³-hybridized carbons (Fsp3) is 0.214. The second-order valence-electron chi connectivity index (χ2n) is 4.36. The summed E-state index contributed by atoms with van der Waals surface area (Å²) < 4.78 is 10.3. The number of hydrogen-bond acceptors (Lipinski definition) is 7. The molecule has 0 fully saturated rings. The van der Waals surface area contributed by atoms with E-state index in [1.807, 2.05) is 0 Å². The van der Waals surface area contributed by atoms with E-state index in [-0.39, 0.29) is 17.1 Å². The zero-order valence-corrected chi connectivity index (χ0v) is 13.6. The van der Waals surface area contributed by atoms with Gasteiger partial charge in [-0.1, -0.05) is 11.8 Å². The van der Waals surface area contributed by atoms with Gasteiger partial charge in [0.05, 0.1) is 14.2 Å². The molecular formula is C14H16N4O4S. The lowest BCUT2D eigenvalue weighted by Gasteiger charge is -2.10. The summed E-state index contributed by atoms with van der Waals surface area (Å²) in [5.41, 5.74) is 5.40. The van der Waals surface area contributed by atoms with E-state index in [1.54, 1.807) is 18.4 Å². The van der Waals surface area contributed by atoms with Crippen molar-refractivity contribution in [2.24, 2.45) is 0 Å². The summed E-state index contributed by atoms with van der Waals surface area (Å²) in [6.45, 7) is 0. The molecule has 1 aromatic carbocycles. The van der Waals surface area contributed by atoms with Crippen molar-refractivity contribution in [3.05, 3.63) is 34.1 Å². The molecule has 8 nitrogen and oxygen atoms in total. The molecule has 0 radical (unpaired) electrons. The molecule has 1 amide bonds. The summed E-state index contributed by atoms with van der Waals surface area (Å²) >= 11 is 1.24. The number of thioether (sulfide) groups is 1. The molecule has 0 saturated carbocycles. The van der Waals surface area contributed by atoms with E-state index in [0.29, 0.717) is 16.7 Å². The number of aromatic nitrogens is 2. The summed E-state index contributed by atoms with van der Waals surface area (Å²) in [4.78, 5) is 30.8. The molecule has 122 valence electrons. The molecule has 4 N–H and O–H groups in total. The van der Waals surface area contributed by atoms with Crippen LogP contribution in [0.15, 0.2) is 28.2 Å². The van der Waals surface area contributed by atoms with Crippen LogP contribution in [-0.2, 0) is 0 Å². The minimum atomic E-state index is -0.518. The average Bonchev–Trinajstić information content (AvgIpc) is 2.56. The van der Waals surface area contributed by atoms with Gasteiger partial charge in [-0.25, -0.2) is 4.98 Å². The van der Waals surface area contributed by atoms with Crippen molar-refractivity contribution in [1.82, 2.24) is 9.97 Å². The first kappa shape index (κ1) is 16.7. The monoisotopic (exact) mass is 336 g/mol. The highest BCUT2D eigenvalue weighted by atomic mass is 32.2. The largest absolute Gasteiger partial charge is 0.493 e. The van der Waals surface area contributed by atoms with Gasteiger partial charge < -0.3 is 20.5 Å². The number of anilines is 2. The van der Waals surface area contributed by atoms with Crippen LogP contribution in [0.25, 0.3) is 0 Å². The molecule has 0 unspecified atom stereocenters. The highest BCUT2D eigenvalue weighted by Gasteiger charge is 2.15. The maximum Gasteiger partial charge on any atom is 0.277 e. The highest BCUT2D eigenvalue weighted by molar-refractivity contribution is 7.98. The third kappa shape index (κ3) is 3.57. The lowest BCUT2D eigenvalue weighted by Crippen LogP contribution is -2.23. The van der Waals surface area contributed by atoms with Crippen LogP contribution in [0.5, 0.6) is 11.5 Å². The van der Waals surface area contributed by atoms with E-state index in [4.69, 9.17) is 15.2 Å². The van der Waals surface area contributed by atoms with Crippen LogP contribution >= 0.6 is 11.8 Å². The van der Waals surface area contributed by atoms with Gasteiger partial charge in [0.15, 0.2) is 22.5 Å². The Bertz CT molecular complexity index is 791. The number of ether oxygens (including phenoxy) is 2. The van der Waals surface area contributed by atoms with Crippen LogP contribution in [0.3, 0.4) is 0 Å². The third-order valence-electron chi connectivity index (χ3n) is 3.00. The molecule has 2 aromatic rings. The topological polar surface area (TPSA) is 119 Å². The lowest BCUT2D eigenvalue weighted by molar-refractivity contribution is 0.102. The SMILES string of the molecule is COc1ccc(C(=O)Nc2c(N)nc(SC)[nH]c2=O)cc1OC. The lowest BCUT2D eigenvalue weighted by atomic mass is 10.2. The molecule has 0 aliphatic rings. The summed E-state index contributed by atoms with van der Waals surface area (Å²) in [7, 11) is 2.96. The van der Waals surface area contributed by atoms with Crippen molar-refractivity contribution in [3.63, 3.8) is 0 Å². The van der Waals surface area contributed by atoms with Gasteiger partial charge in [0.1, 0.15) is 5.69 Å². The molecule has 1 aromatic heterocycles. The van der Waals surface area contributed by atoms with Crippen LogP contribution in [0, 0.1) is 0 Å². The Balaban J connectivity index is 2.31. The Kier molecular flexibility index (Phi) is 5.12. The molecule has 23 heavy (non-hydrogen) atoms. The van der Waals surface area contributed by atoms with Gasteiger partial charge in [-0.15, -0.1) is 0 Å². The number of hydrogen-bond donors (Lipinski definition) is 3. The molecular weight excluding hydrogens is 320 g/mol. The van der Waals surface area contributed by atoms with E-state index in [0.717, 1.165) is 0 Å². The molecule has 0 atom stereocenters. The van der Waals surface area contributed by atoms with E-state index < -0.39 is 11.5 Å². The summed E-state index contributed by atoms with van der Waals surface area (Å²) in [5, 5.41) is 2.83. The van der Waals surface area contributed by atoms with Crippen LogP contribution in [0.1, 0.15) is 10.4 Å². The number of nitrogens with one attached hydrogen (secondary N) is 2.